The van der Waals surface area contributed by atoms with Gasteiger partial charge < -0.3 is 14.8 Å². The number of rotatable bonds is 7. The maximum atomic E-state index is 12.4. The largest absolute Gasteiger partial charge is 0.469 e. The van der Waals surface area contributed by atoms with Crippen LogP contribution in [0, 0.1) is 0 Å². The molecule has 0 aromatic heterocycles. The van der Waals surface area contributed by atoms with Gasteiger partial charge in [-0.25, -0.2) is 0 Å². The third-order valence-electron chi connectivity index (χ3n) is 3.52. The average Bonchev–Trinajstić information content (AvgIpc) is 2.61. The number of hydrogen-bond donors (Lipinski definition) is 1. The molecule has 2 aromatic carbocycles. The summed E-state index contributed by atoms with van der Waals surface area (Å²) in [4.78, 5) is 24.1. The van der Waals surface area contributed by atoms with E-state index in [-0.39, 0.29) is 17.7 Å². The number of benzene rings is 2. The number of nitrogens with one attached hydrogen (secondary N) is 1. The van der Waals surface area contributed by atoms with E-state index in [9.17, 15) is 18.4 Å². The molecule has 1 unspecified atom stereocenters. The van der Waals surface area contributed by atoms with Gasteiger partial charge in [0.25, 0.3) is 5.91 Å². The van der Waals surface area contributed by atoms with Gasteiger partial charge in [0.2, 0.25) is 0 Å². The Kier molecular flexibility index (Phi) is 6.91. The van der Waals surface area contributed by atoms with Gasteiger partial charge in [-0.3, -0.25) is 9.59 Å². The van der Waals surface area contributed by atoms with Gasteiger partial charge in [-0.1, -0.05) is 23.7 Å². The van der Waals surface area contributed by atoms with Gasteiger partial charge in [-0.2, -0.15) is 8.78 Å². The number of halogens is 3. The first-order valence-electron chi connectivity index (χ1n) is 7.57. The Labute approximate surface area is 153 Å². The van der Waals surface area contributed by atoms with E-state index in [0.717, 1.165) is 0 Å². The standard InChI is InChI=1S/C18H16ClF2NO4/c1-25-16(23)10-15(11-2-6-13(19)7-3-11)22-17(24)12-4-8-14(9-5-12)26-18(20)21/h2-9,15,18H,10H2,1H3,(H,22,24). The zero-order chi connectivity index (χ0) is 19.1. The maximum absolute atomic E-state index is 12.4. The summed E-state index contributed by atoms with van der Waals surface area (Å²) in [6, 6.07) is 11.3. The molecule has 0 radical (unpaired) electrons. The van der Waals surface area contributed by atoms with Crippen LogP contribution in [0.2, 0.25) is 5.02 Å². The topological polar surface area (TPSA) is 64.6 Å². The maximum Gasteiger partial charge on any atom is 0.387 e. The van der Waals surface area contributed by atoms with Crippen molar-refractivity contribution in [2.75, 3.05) is 7.11 Å². The van der Waals surface area contributed by atoms with E-state index in [1.807, 2.05) is 0 Å². The number of esters is 1. The van der Waals surface area contributed by atoms with Crippen LogP contribution in [0.1, 0.15) is 28.4 Å². The van der Waals surface area contributed by atoms with Gasteiger partial charge in [-0.05, 0) is 42.0 Å². The lowest BCUT2D eigenvalue weighted by molar-refractivity contribution is -0.141. The molecule has 0 bridgehead atoms. The summed E-state index contributed by atoms with van der Waals surface area (Å²) >= 11 is 5.86. The number of methoxy groups -OCH3 is 1. The van der Waals surface area contributed by atoms with E-state index in [1.165, 1.54) is 31.4 Å². The monoisotopic (exact) mass is 383 g/mol. The normalized spacial score (nSPS) is 11.7. The minimum absolute atomic E-state index is 0.0552. The SMILES string of the molecule is COC(=O)CC(NC(=O)c1ccc(OC(F)F)cc1)c1ccc(Cl)cc1. The quantitative estimate of drug-likeness (QED) is 0.735. The lowest BCUT2D eigenvalue weighted by Crippen LogP contribution is -2.30. The van der Waals surface area contributed by atoms with E-state index in [2.05, 4.69) is 14.8 Å². The Hall–Kier alpha value is -2.67. The van der Waals surface area contributed by atoms with Crippen molar-refractivity contribution in [1.82, 2.24) is 5.32 Å². The van der Waals surface area contributed by atoms with Gasteiger partial charge in [0.05, 0.1) is 19.6 Å². The predicted molar refractivity (Wildman–Crippen MR) is 91.4 cm³/mol. The van der Waals surface area contributed by atoms with Crippen LogP contribution in [0.15, 0.2) is 48.5 Å². The second kappa shape index (κ2) is 9.15. The molecular formula is C18H16ClF2NO4. The highest BCUT2D eigenvalue weighted by Crippen LogP contribution is 2.21. The van der Waals surface area contributed by atoms with Crippen molar-refractivity contribution in [3.63, 3.8) is 0 Å². The molecule has 0 saturated heterocycles. The number of alkyl halides is 2. The Balaban J connectivity index is 2.14. The summed E-state index contributed by atoms with van der Waals surface area (Å²) in [5.74, 6) is -1.02. The molecule has 1 atom stereocenters. The van der Waals surface area contributed by atoms with E-state index >= 15 is 0 Å². The van der Waals surface area contributed by atoms with Crippen LogP contribution < -0.4 is 10.1 Å². The second-order valence-electron chi connectivity index (χ2n) is 5.26. The van der Waals surface area contributed by atoms with E-state index < -0.39 is 24.5 Å². The van der Waals surface area contributed by atoms with Gasteiger partial charge in [0, 0.05) is 10.6 Å². The molecule has 0 saturated carbocycles. The smallest absolute Gasteiger partial charge is 0.387 e. The van der Waals surface area contributed by atoms with Crippen molar-refractivity contribution in [2.24, 2.45) is 0 Å². The third-order valence-corrected chi connectivity index (χ3v) is 3.77. The first-order chi connectivity index (χ1) is 12.4. The molecule has 0 heterocycles. The van der Waals surface area contributed by atoms with Crippen molar-refractivity contribution in [3.05, 3.63) is 64.7 Å². The summed E-state index contributed by atoms with van der Waals surface area (Å²) < 4.78 is 33.2. The fourth-order valence-electron chi connectivity index (χ4n) is 2.23. The molecule has 0 aliphatic heterocycles. The van der Waals surface area contributed by atoms with Gasteiger partial charge in [0.1, 0.15) is 5.75 Å². The van der Waals surface area contributed by atoms with E-state index in [0.29, 0.717) is 10.6 Å². The fourth-order valence-corrected chi connectivity index (χ4v) is 2.35. The fraction of sp³-hybridized carbons (Fsp3) is 0.222. The zero-order valence-electron chi connectivity index (χ0n) is 13.7. The second-order valence-corrected chi connectivity index (χ2v) is 5.70. The molecule has 0 aliphatic rings. The molecule has 8 heteroatoms. The first kappa shape index (κ1) is 19.7. The highest BCUT2D eigenvalue weighted by Gasteiger charge is 2.20. The molecule has 0 aliphatic carbocycles. The van der Waals surface area contributed by atoms with Crippen LogP contribution in [0.3, 0.4) is 0 Å². The Morgan fingerprint density at radius 1 is 1.08 bits per heavy atom. The lowest BCUT2D eigenvalue weighted by Gasteiger charge is -2.18. The van der Waals surface area contributed by atoms with Crippen molar-refractivity contribution in [3.8, 4) is 5.75 Å². The van der Waals surface area contributed by atoms with Crippen LogP contribution in [0.4, 0.5) is 8.78 Å². The van der Waals surface area contributed by atoms with Crippen LogP contribution >= 0.6 is 11.6 Å². The van der Waals surface area contributed by atoms with Crippen LogP contribution in [-0.2, 0) is 9.53 Å². The lowest BCUT2D eigenvalue weighted by atomic mass is 10.0. The minimum Gasteiger partial charge on any atom is -0.469 e. The zero-order valence-corrected chi connectivity index (χ0v) is 14.5. The summed E-state index contributed by atoms with van der Waals surface area (Å²) in [6.07, 6.45) is -0.0730. The number of ether oxygens (including phenoxy) is 2. The highest BCUT2D eigenvalue weighted by atomic mass is 35.5. The molecule has 1 amide bonds. The van der Waals surface area contributed by atoms with Gasteiger partial charge in [-0.15, -0.1) is 0 Å². The molecule has 0 fully saturated rings. The van der Waals surface area contributed by atoms with Crippen LogP contribution in [0.25, 0.3) is 0 Å². The first-order valence-corrected chi connectivity index (χ1v) is 7.95. The average molecular weight is 384 g/mol. The van der Waals surface area contributed by atoms with Crippen molar-refractivity contribution in [1.29, 1.82) is 0 Å². The molecule has 26 heavy (non-hydrogen) atoms. The number of carbonyl (C=O) groups excluding carboxylic acids is 2. The summed E-state index contributed by atoms with van der Waals surface area (Å²) in [6.45, 7) is -2.94. The molecule has 5 nitrogen and oxygen atoms in total. The predicted octanol–water partition coefficient (Wildman–Crippen LogP) is 3.98. The van der Waals surface area contributed by atoms with Gasteiger partial charge in [0.15, 0.2) is 0 Å². The van der Waals surface area contributed by atoms with Crippen LogP contribution in [0.5, 0.6) is 5.75 Å². The number of carbonyl (C=O) groups is 2. The van der Waals surface area contributed by atoms with E-state index in [1.54, 1.807) is 24.3 Å². The van der Waals surface area contributed by atoms with Crippen molar-refractivity contribution < 1.29 is 27.8 Å². The summed E-state index contributed by atoms with van der Waals surface area (Å²) in [5.41, 5.74) is 0.904. The van der Waals surface area contributed by atoms with Crippen molar-refractivity contribution >= 4 is 23.5 Å². The van der Waals surface area contributed by atoms with E-state index in [4.69, 9.17) is 11.6 Å². The Morgan fingerprint density at radius 2 is 1.69 bits per heavy atom. The van der Waals surface area contributed by atoms with Crippen molar-refractivity contribution in [2.45, 2.75) is 19.1 Å². The minimum atomic E-state index is -2.94. The third kappa shape index (κ3) is 5.70. The Bertz CT molecular complexity index is 751. The molecule has 2 aromatic rings. The number of hydrogen-bond acceptors (Lipinski definition) is 4. The highest BCUT2D eigenvalue weighted by molar-refractivity contribution is 6.30. The molecule has 2 rings (SSSR count). The number of amides is 1. The molecule has 1 N–H and O–H groups in total. The molecular weight excluding hydrogens is 368 g/mol. The Morgan fingerprint density at radius 3 is 2.23 bits per heavy atom. The van der Waals surface area contributed by atoms with Crippen LogP contribution in [-0.4, -0.2) is 25.6 Å². The van der Waals surface area contributed by atoms with Gasteiger partial charge >= 0.3 is 12.6 Å². The molecule has 0 spiro atoms. The summed E-state index contributed by atoms with van der Waals surface area (Å²) in [7, 11) is 1.25. The molecule has 138 valence electrons. The summed E-state index contributed by atoms with van der Waals surface area (Å²) in [5, 5.41) is 3.24.